The summed E-state index contributed by atoms with van der Waals surface area (Å²) in [5, 5.41) is 14.6. The van der Waals surface area contributed by atoms with E-state index in [0.29, 0.717) is 44.0 Å². The van der Waals surface area contributed by atoms with Crippen molar-refractivity contribution >= 4 is 23.2 Å². The highest BCUT2D eigenvalue weighted by molar-refractivity contribution is 7.09. The third-order valence-corrected chi connectivity index (χ3v) is 6.70. The summed E-state index contributed by atoms with van der Waals surface area (Å²) >= 11 is 1.49. The zero-order valence-electron chi connectivity index (χ0n) is 19.1. The number of nitrogens with one attached hydrogen (secondary N) is 1. The van der Waals surface area contributed by atoms with Crippen molar-refractivity contribution in [3.8, 4) is 0 Å². The second-order valence-corrected chi connectivity index (χ2v) is 9.28. The van der Waals surface area contributed by atoms with Gasteiger partial charge in [-0.15, -0.1) is 11.3 Å². The molecule has 1 aromatic carbocycles. The topological polar surface area (TPSA) is 97.9 Å². The van der Waals surface area contributed by atoms with Gasteiger partial charge >= 0.3 is 0 Å². The molecule has 0 saturated carbocycles. The Kier molecular flexibility index (Phi) is 5.97. The average molecular weight is 476 g/mol. The summed E-state index contributed by atoms with van der Waals surface area (Å²) in [6.07, 6.45) is 2.34. The van der Waals surface area contributed by atoms with Crippen molar-refractivity contribution in [2.24, 2.45) is 7.05 Å². The first kappa shape index (κ1) is 22.0. The fraction of sp³-hybridized carbons (Fsp3) is 0.292. The predicted octanol–water partition coefficient (Wildman–Crippen LogP) is 2.56. The van der Waals surface area contributed by atoms with E-state index in [1.807, 2.05) is 47.3 Å². The molecule has 10 heteroatoms. The third-order valence-electron chi connectivity index (χ3n) is 5.92. The Morgan fingerprint density at radius 2 is 2.00 bits per heavy atom. The predicted molar refractivity (Wildman–Crippen MR) is 127 cm³/mol. The maximum atomic E-state index is 13.2. The van der Waals surface area contributed by atoms with Crippen LogP contribution in [0.4, 0.5) is 0 Å². The van der Waals surface area contributed by atoms with Crippen LogP contribution in [0.1, 0.15) is 48.5 Å². The van der Waals surface area contributed by atoms with Crippen LogP contribution in [0.3, 0.4) is 0 Å². The van der Waals surface area contributed by atoms with Crippen molar-refractivity contribution in [2.75, 3.05) is 6.54 Å². The molecule has 0 saturated heterocycles. The number of hydrogen-bond acceptors (Lipinski definition) is 6. The highest BCUT2D eigenvalue weighted by Crippen LogP contribution is 2.25. The van der Waals surface area contributed by atoms with E-state index < -0.39 is 0 Å². The van der Waals surface area contributed by atoms with Crippen molar-refractivity contribution in [1.82, 2.24) is 34.8 Å². The summed E-state index contributed by atoms with van der Waals surface area (Å²) in [6.45, 7) is 3.65. The van der Waals surface area contributed by atoms with E-state index in [0.717, 1.165) is 27.5 Å². The van der Waals surface area contributed by atoms with Crippen molar-refractivity contribution in [3.63, 3.8) is 0 Å². The minimum absolute atomic E-state index is 0.0984. The number of amides is 2. The molecule has 0 fully saturated rings. The summed E-state index contributed by atoms with van der Waals surface area (Å²) in [7, 11) is 1.77. The molecule has 9 nitrogen and oxygen atoms in total. The molecule has 1 N–H and O–H groups in total. The maximum Gasteiger partial charge on any atom is 0.272 e. The summed E-state index contributed by atoms with van der Waals surface area (Å²) in [5.41, 5.74) is 4.58. The molecule has 34 heavy (non-hydrogen) atoms. The molecular formula is C24H25N7O2S. The van der Waals surface area contributed by atoms with Crippen LogP contribution in [0.15, 0.2) is 48.0 Å². The minimum Gasteiger partial charge on any atom is -0.344 e. The SMILES string of the molecule is Cc1cc(C(=O)N2CCc3c(c(C(=O)NCc4nccs4)nn3Cc3ccccc3)C2)n(C)n1. The number of aryl methyl sites for hydroxylation is 2. The van der Waals surface area contributed by atoms with Gasteiger partial charge in [-0.3, -0.25) is 19.0 Å². The Bertz CT molecular complexity index is 1330. The third kappa shape index (κ3) is 4.36. The molecule has 0 radical (unpaired) electrons. The lowest BCUT2D eigenvalue weighted by molar-refractivity contribution is 0.0719. The molecule has 1 aliphatic heterocycles. The van der Waals surface area contributed by atoms with Gasteiger partial charge in [0, 0.05) is 42.8 Å². The van der Waals surface area contributed by atoms with E-state index >= 15 is 0 Å². The van der Waals surface area contributed by atoms with Gasteiger partial charge in [0.25, 0.3) is 11.8 Å². The molecule has 174 valence electrons. The molecule has 5 rings (SSSR count). The van der Waals surface area contributed by atoms with Crippen molar-refractivity contribution in [2.45, 2.75) is 33.0 Å². The van der Waals surface area contributed by atoms with E-state index in [2.05, 4.69) is 15.4 Å². The van der Waals surface area contributed by atoms with Gasteiger partial charge < -0.3 is 10.2 Å². The Morgan fingerprint density at radius 1 is 1.18 bits per heavy atom. The highest BCUT2D eigenvalue weighted by Gasteiger charge is 2.31. The number of aromatic nitrogens is 5. The summed E-state index contributed by atoms with van der Waals surface area (Å²) in [4.78, 5) is 32.4. The smallest absolute Gasteiger partial charge is 0.272 e. The van der Waals surface area contributed by atoms with Crippen LogP contribution in [-0.2, 0) is 33.1 Å². The Labute approximate surface area is 201 Å². The quantitative estimate of drug-likeness (QED) is 0.462. The fourth-order valence-corrected chi connectivity index (χ4v) is 4.84. The number of fused-ring (bicyclic) bond motifs is 1. The van der Waals surface area contributed by atoms with Gasteiger partial charge in [0.1, 0.15) is 10.7 Å². The Morgan fingerprint density at radius 3 is 2.71 bits per heavy atom. The van der Waals surface area contributed by atoms with Gasteiger partial charge in [0.15, 0.2) is 5.69 Å². The van der Waals surface area contributed by atoms with Crippen LogP contribution in [-0.4, -0.2) is 47.8 Å². The first-order valence-corrected chi connectivity index (χ1v) is 12.0. The number of benzene rings is 1. The van der Waals surface area contributed by atoms with E-state index in [1.165, 1.54) is 11.3 Å². The van der Waals surface area contributed by atoms with Crippen molar-refractivity contribution < 1.29 is 9.59 Å². The summed E-state index contributed by atoms with van der Waals surface area (Å²) in [6, 6.07) is 11.8. The van der Waals surface area contributed by atoms with Crippen molar-refractivity contribution in [3.05, 3.63) is 86.9 Å². The summed E-state index contributed by atoms with van der Waals surface area (Å²) in [5.74, 6) is -0.359. The summed E-state index contributed by atoms with van der Waals surface area (Å²) < 4.78 is 3.51. The lowest BCUT2D eigenvalue weighted by Crippen LogP contribution is -2.38. The van der Waals surface area contributed by atoms with Gasteiger partial charge in [0.2, 0.25) is 0 Å². The van der Waals surface area contributed by atoms with E-state index in [4.69, 9.17) is 5.10 Å². The van der Waals surface area contributed by atoms with Gasteiger partial charge in [-0.1, -0.05) is 30.3 Å². The number of hydrogen-bond donors (Lipinski definition) is 1. The molecule has 0 aliphatic carbocycles. The maximum absolute atomic E-state index is 13.2. The average Bonchev–Trinajstić information content (AvgIpc) is 3.57. The van der Waals surface area contributed by atoms with Crippen LogP contribution in [0.2, 0.25) is 0 Å². The lowest BCUT2D eigenvalue weighted by atomic mass is 10.0. The molecule has 0 spiro atoms. The normalized spacial score (nSPS) is 13.1. The number of thiazole rings is 1. The van der Waals surface area contributed by atoms with Crippen LogP contribution < -0.4 is 5.32 Å². The minimum atomic E-state index is -0.260. The standard InChI is InChI=1S/C24H25N7O2S/c1-16-12-20(29(2)27-16)24(33)30-10-8-19-18(15-30)22(23(32)26-13-21-25-9-11-34-21)28-31(19)14-17-6-4-3-5-7-17/h3-7,9,11-12H,8,10,13-15H2,1-2H3,(H,26,32). The van der Waals surface area contributed by atoms with Crippen molar-refractivity contribution in [1.29, 1.82) is 0 Å². The van der Waals surface area contributed by atoms with Crippen LogP contribution in [0.25, 0.3) is 0 Å². The molecule has 3 aromatic heterocycles. The second kappa shape index (κ2) is 9.22. The lowest BCUT2D eigenvalue weighted by Gasteiger charge is -2.28. The molecule has 0 unspecified atom stereocenters. The van der Waals surface area contributed by atoms with Gasteiger partial charge in [-0.2, -0.15) is 10.2 Å². The van der Waals surface area contributed by atoms with Crippen LogP contribution >= 0.6 is 11.3 Å². The largest absolute Gasteiger partial charge is 0.344 e. The molecule has 0 bridgehead atoms. The van der Waals surface area contributed by atoms with E-state index in [-0.39, 0.29) is 11.8 Å². The Hall–Kier alpha value is -3.79. The zero-order valence-corrected chi connectivity index (χ0v) is 19.9. The fourth-order valence-electron chi connectivity index (χ4n) is 4.29. The molecule has 2 amide bonds. The number of nitrogens with zero attached hydrogens (tertiary/aromatic N) is 6. The van der Waals surface area contributed by atoms with Gasteiger partial charge in [-0.05, 0) is 18.6 Å². The molecular weight excluding hydrogens is 450 g/mol. The molecule has 4 aromatic rings. The zero-order chi connectivity index (χ0) is 23.7. The second-order valence-electron chi connectivity index (χ2n) is 8.30. The van der Waals surface area contributed by atoms with Crippen LogP contribution in [0.5, 0.6) is 0 Å². The highest BCUT2D eigenvalue weighted by atomic mass is 32.1. The van der Waals surface area contributed by atoms with E-state index in [9.17, 15) is 9.59 Å². The molecule has 1 aliphatic rings. The number of rotatable bonds is 6. The number of carbonyl (C=O) groups excluding carboxylic acids is 2. The number of carbonyl (C=O) groups is 2. The first-order chi connectivity index (χ1) is 16.5. The monoisotopic (exact) mass is 475 g/mol. The van der Waals surface area contributed by atoms with E-state index in [1.54, 1.807) is 28.9 Å². The Balaban J connectivity index is 1.44. The van der Waals surface area contributed by atoms with Gasteiger partial charge in [-0.25, -0.2) is 4.98 Å². The first-order valence-electron chi connectivity index (χ1n) is 11.1. The molecule has 0 atom stereocenters. The van der Waals surface area contributed by atoms with Crippen LogP contribution in [0, 0.1) is 6.92 Å². The van der Waals surface area contributed by atoms with Gasteiger partial charge in [0.05, 0.1) is 25.3 Å². The molecule has 4 heterocycles.